The number of methoxy groups -OCH3 is 1. The minimum absolute atomic E-state index is 0.228. The number of nitrogens with zero attached hydrogens (tertiary/aromatic N) is 1. The molecule has 168 valence electrons. The van der Waals surface area contributed by atoms with Gasteiger partial charge in [0.25, 0.3) is 11.1 Å². The molecule has 2 aromatic carbocycles. The van der Waals surface area contributed by atoms with E-state index in [1.165, 1.54) is 7.11 Å². The van der Waals surface area contributed by atoms with E-state index in [0.29, 0.717) is 33.8 Å². The summed E-state index contributed by atoms with van der Waals surface area (Å²) in [4.78, 5) is 39.8. The maximum absolute atomic E-state index is 12.8. The van der Waals surface area contributed by atoms with Gasteiger partial charge >= 0.3 is 0 Å². The highest BCUT2D eigenvalue weighted by molar-refractivity contribution is 9.10. The zero-order valence-corrected chi connectivity index (χ0v) is 20.9. The van der Waals surface area contributed by atoms with Crippen LogP contribution >= 0.6 is 39.5 Å². The molecule has 0 radical (unpaired) electrons. The molecular formula is C22H21BrN2O5S2. The molecule has 3 rings (SSSR count). The molecule has 1 fully saturated rings. The molecule has 0 atom stereocenters. The minimum atomic E-state index is -0.516. The van der Waals surface area contributed by atoms with E-state index in [1.807, 2.05) is 31.4 Å². The SMILES string of the molecule is CCOc1cc(/C=C2/SC(=O)N(CC(=O)Nc3cccc(SC)c3)C2=O)cc(Br)c1OC. The second-order valence-electron chi connectivity index (χ2n) is 6.52. The van der Waals surface area contributed by atoms with Crippen molar-refractivity contribution >= 4 is 68.3 Å². The Balaban J connectivity index is 1.75. The van der Waals surface area contributed by atoms with Crippen molar-refractivity contribution in [1.82, 2.24) is 4.90 Å². The maximum Gasteiger partial charge on any atom is 0.294 e. The van der Waals surface area contributed by atoms with Gasteiger partial charge in [-0.05, 0) is 82.8 Å². The normalized spacial score (nSPS) is 14.8. The molecule has 1 heterocycles. The molecule has 2 aromatic rings. The van der Waals surface area contributed by atoms with Crippen LogP contribution in [-0.2, 0) is 9.59 Å². The summed E-state index contributed by atoms with van der Waals surface area (Å²) in [6.45, 7) is 1.94. The fourth-order valence-corrected chi connectivity index (χ4v) is 4.88. The third-order valence-electron chi connectivity index (χ3n) is 4.36. The number of carbonyl (C=O) groups excluding carboxylic acids is 3. The van der Waals surface area contributed by atoms with Gasteiger partial charge in [-0.3, -0.25) is 19.3 Å². The van der Waals surface area contributed by atoms with Crippen molar-refractivity contribution in [3.63, 3.8) is 0 Å². The number of benzene rings is 2. The van der Waals surface area contributed by atoms with Crippen molar-refractivity contribution in [2.24, 2.45) is 0 Å². The van der Waals surface area contributed by atoms with Crippen LogP contribution in [0.1, 0.15) is 12.5 Å². The van der Waals surface area contributed by atoms with E-state index in [1.54, 1.807) is 36.0 Å². The highest BCUT2D eigenvalue weighted by Gasteiger charge is 2.36. The van der Waals surface area contributed by atoms with Crippen molar-refractivity contribution in [2.75, 3.05) is 31.8 Å². The van der Waals surface area contributed by atoms with Gasteiger partial charge in [0, 0.05) is 10.6 Å². The molecule has 1 aliphatic heterocycles. The largest absolute Gasteiger partial charge is 0.492 e. The Labute approximate surface area is 203 Å². The fraction of sp³-hybridized carbons (Fsp3) is 0.227. The highest BCUT2D eigenvalue weighted by Crippen LogP contribution is 2.39. The zero-order chi connectivity index (χ0) is 23.3. The van der Waals surface area contributed by atoms with Crippen molar-refractivity contribution in [3.8, 4) is 11.5 Å². The molecule has 3 amide bonds. The molecule has 0 aliphatic carbocycles. The third kappa shape index (κ3) is 5.67. The number of imide groups is 1. The number of amides is 3. The summed E-state index contributed by atoms with van der Waals surface area (Å²) in [6.07, 6.45) is 3.53. The molecule has 10 heteroatoms. The van der Waals surface area contributed by atoms with Gasteiger partial charge in [-0.1, -0.05) is 6.07 Å². The quantitative estimate of drug-likeness (QED) is 0.364. The molecule has 1 saturated heterocycles. The van der Waals surface area contributed by atoms with E-state index in [2.05, 4.69) is 21.2 Å². The van der Waals surface area contributed by atoms with Gasteiger partial charge in [0.15, 0.2) is 11.5 Å². The standard InChI is InChI=1S/C22H21BrN2O5S2/c1-4-30-17-9-13(8-16(23)20(17)29-2)10-18-21(27)25(22(28)32-18)12-19(26)24-14-6-5-7-15(11-14)31-3/h5-11H,4,12H2,1-3H3,(H,24,26)/b18-10+. The monoisotopic (exact) mass is 536 g/mol. The van der Waals surface area contributed by atoms with Crippen LogP contribution in [0, 0.1) is 0 Å². The predicted octanol–water partition coefficient (Wildman–Crippen LogP) is 5.25. The second kappa shape index (κ2) is 10.9. The maximum atomic E-state index is 12.8. The van der Waals surface area contributed by atoms with Crippen molar-refractivity contribution in [2.45, 2.75) is 11.8 Å². The Bertz CT molecular complexity index is 1090. The minimum Gasteiger partial charge on any atom is -0.492 e. The summed E-state index contributed by atoms with van der Waals surface area (Å²) in [5, 5.41) is 2.23. The number of carbonyl (C=O) groups is 3. The molecule has 0 spiro atoms. The lowest BCUT2D eigenvalue weighted by molar-refractivity contribution is -0.127. The van der Waals surface area contributed by atoms with Crippen LogP contribution in [0.15, 0.2) is 50.7 Å². The highest BCUT2D eigenvalue weighted by atomic mass is 79.9. The van der Waals surface area contributed by atoms with Gasteiger partial charge < -0.3 is 14.8 Å². The average Bonchev–Trinajstić information content (AvgIpc) is 3.01. The van der Waals surface area contributed by atoms with E-state index in [-0.39, 0.29) is 11.4 Å². The summed E-state index contributed by atoms with van der Waals surface area (Å²) in [7, 11) is 1.54. The summed E-state index contributed by atoms with van der Waals surface area (Å²) < 4.78 is 11.6. The van der Waals surface area contributed by atoms with Crippen LogP contribution in [0.2, 0.25) is 0 Å². The van der Waals surface area contributed by atoms with Crippen LogP contribution in [0.5, 0.6) is 11.5 Å². The molecule has 0 bridgehead atoms. The summed E-state index contributed by atoms with van der Waals surface area (Å²) in [5.74, 6) is 0.0940. The zero-order valence-electron chi connectivity index (χ0n) is 17.6. The van der Waals surface area contributed by atoms with Crippen molar-refractivity contribution in [1.29, 1.82) is 0 Å². The van der Waals surface area contributed by atoms with E-state index in [9.17, 15) is 14.4 Å². The number of halogens is 1. The summed E-state index contributed by atoms with van der Waals surface area (Å²) in [5.41, 5.74) is 1.26. The van der Waals surface area contributed by atoms with Gasteiger partial charge in [0.2, 0.25) is 5.91 Å². The van der Waals surface area contributed by atoms with Gasteiger partial charge in [0.05, 0.1) is 23.1 Å². The first-order chi connectivity index (χ1) is 15.4. The Morgan fingerprint density at radius 2 is 2.06 bits per heavy atom. The first kappa shape index (κ1) is 24.2. The molecule has 0 aromatic heterocycles. The Hall–Kier alpha value is -2.43. The molecule has 1 N–H and O–H groups in total. The number of anilines is 1. The molecule has 1 aliphatic rings. The molecular weight excluding hydrogens is 516 g/mol. The van der Waals surface area contributed by atoms with E-state index in [4.69, 9.17) is 9.47 Å². The lowest BCUT2D eigenvalue weighted by Crippen LogP contribution is -2.36. The number of hydrogen-bond acceptors (Lipinski definition) is 7. The van der Waals surface area contributed by atoms with Crippen LogP contribution < -0.4 is 14.8 Å². The lowest BCUT2D eigenvalue weighted by Gasteiger charge is -2.13. The fourth-order valence-electron chi connectivity index (χ4n) is 2.96. The molecule has 0 unspecified atom stereocenters. The average molecular weight is 537 g/mol. The van der Waals surface area contributed by atoms with Gasteiger partial charge in [-0.25, -0.2) is 0 Å². The van der Waals surface area contributed by atoms with Crippen LogP contribution in [0.25, 0.3) is 6.08 Å². The first-order valence-electron chi connectivity index (χ1n) is 9.55. The van der Waals surface area contributed by atoms with Gasteiger partial charge in [0.1, 0.15) is 6.54 Å². The number of hydrogen-bond donors (Lipinski definition) is 1. The van der Waals surface area contributed by atoms with Crippen LogP contribution in [0.4, 0.5) is 10.5 Å². The second-order valence-corrected chi connectivity index (χ2v) is 9.24. The third-order valence-corrected chi connectivity index (χ3v) is 6.58. The van der Waals surface area contributed by atoms with E-state index in [0.717, 1.165) is 21.6 Å². The van der Waals surface area contributed by atoms with Crippen molar-refractivity contribution in [3.05, 3.63) is 51.3 Å². The summed E-state index contributed by atoms with van der Waals surface area (Å²) >= 11 is 5.78. The van der Waals surface area contributed by atoms with E-state index >= 15 is 0 Å². The lowest BCUT2D eigenvalue weighted by atomic mass is 10.2. The van der Waals surface area contributed by atoms with Crippen molar-refractivity contribution < 1.29 is 23.9 Å². The molecule has 32 heavy (non-hydrogen) atoms. The van der Waals surface area contributed by atoms with Gasteiger partial charge in [-0.15, -0.1) is 11.8 Å². The van der Waals surface area contributed by atoms with Gasteiger partial charge in [-0.2, -0.15) is 0 Å². The number of ether oxygens (including phenoxy) is 2. The number of nitrogens with one attached hydrogen (secondary N) is 1. The molecule has 7 nitrogen and oxygen atoms in total. The van der Waals surface area contributed by atoms with Crippen LogP contribution in [-0.4, -0.2) is 48.5 Å². The Morgan fingerprint density at radius 3 is 2.75 bits per heavy atom. The Kier molecular flexibility index (Phi) is 8.27. The van der Waals surface area contributed by atoms with E-state index < -0.39 is 17.1 Å². The topological polar surface area (TPSA) is 84.9 Å². The first-order valence-corrected chi connectivity index (χ1v) is 12.4. The van der Waals surface area contributed by atoms with Crippen LogP contribution in [0.3, 0.4) is 0 Å². The number of rotatable bonds is 8. The molecule has 0 saturated carbocycles. The predicted molar refractivity (Wildman–Crippen MR) is 131 cm³/mol. The Morgan fingerprint density at radius 1 is 1.28 bits per heavy atom. The summed E-state index contributed by atoms with van der Waals surface area (Å²) in [6, 6.07) is 10.8. The smallest absolute Gasteiger partial charge is 0.294 e. The number of thioether (sulfide) groups is 2.